The van der Waals surface area contributed by atoms with Crippen LogP contribution in [0.5, 0.6) is 11.5 Å². The number of nitrogens with two attached hydrogens (primary N) is 1. The number of phenols is 1. The van der Waals surface area contributed by atoms with Crippen LogP contribution in [0.1, 0.15) is 25.0 Å². The molecule has 1 unspecified atom stereocenters. The minimum absolute atomic E-state index is 0.0493. The van der Waals surface area contributed by atoms with Crippen LogP contribution in [-0.2, 0) is 31.1 Å². The molecule has 6 N–H and O–H groups in total. The number of phenolic OH excluding ortho intramolecular Hbond substituents is 1. The van der Waals surface area contributed by atoms with Gasteiger partial charge in [0.1, 0.15) is 16.4 Å². The number of nitrogens with one attached hydrogen (secondary N) is 1. The number of rotatable bonds is 12. The zero-order valence-electron chi connectivity index (χ0n) is 22.5. The SMILES string of the molecule is CC(C)C(Oc1cc(-c2ccccc2S(C)(=O)=O)ccc1CCNS(=O)(=O)c1cc(C(N)=NO)ccc1O)C(=O)O. The topological polar surface area (TPSA) is 206 Å². The van der Waals surface area contributed by atoms with Gasteiger partial charge in [0.25, 0.3) is 0 Å². The fourth-order valence-electron chi connectivity index (χ4n) is 4.02. The number of oxime groups is 1. The molecule has 0 aliphatic rings. The number of carboxylic acids is 1. The molecule has 3 aromatic rings. The number of ether oxygens (including phenoxy) is 1. The lowest BCUT2D eigenvalue weighted by Gasteiger charge is -2.21. The van der Waals surface area contributed by atoms with E-state index in [1.807, 2.05) is 0 Å². The Morgan fingerprint density at radius 3 is 2.32 bits per heavy atom. The van der Waals surface area contributed by atoms with Crippen LogP contribution >= 0.6 is 0 Å². The van der Waals surface area contributed by atoms with E-state index in [2.05, 4.69) is 9.88 Å². The molecule has 0 amide bonds. The Labute approximate surface area is 238 Å². The number of nitrogens with zero attached hydrogens (tertiary/aromatic N) is 1. The molecule has 0 heterocycles. The summed E-state index contributed by atoms with van der Waals surface area (Å²) in [5, 5.41) is 31.5. The van der Waals surface area contributed by atoms with Gasteiger partial charge in [0.2, 0.25) is 10.0 Å². The van der Waals surface area contributed by atoms with Crippen LogP contribution in [0.15, 0.2) is 75.6 Å². The third kappa shape index (κ3) is 7.54. The van der Waals surface area contributed by atoms with Crippen LogP contribution in [0.2, 0.25) is 0 Å². The van der Waals surface area contributed by atoms with Crippen molar-refractivity contribution >= 4 is 31.7 Å². The Hall–Kier alpha value is -4.14. The average molecular weight is 606 g/mol. The van der Waals surface area contributed by atoms with Crippen molar-refractivity contribution in [3.8, 4) is 22.6 Å². The molecule has 41 heavy (non-hydrogen) atoms. The predicted octanol–water partition coefficient (Wildman–Crippen LogP) is 2.57. The van der Waals surface area contributed by atoms with Gasteiger partial charge in [0.15, 0.2) is 21.8 Å². The molecule has 14 heteroatoms. The molecule has 0 aliphatic carbocycles. The molecule has 0 spiro atoms. The minimum Gasteiger partial charge on any atom is -0.507 e. The Bertz CT molecular complexity index is 1690. The van der Waals surface area contributed by atoms with Crippen molar-refractivity contribution in [1.29, 1.82) is 0 Å². The fraction of sp³-hybridized carbons (Fsp3) is 0.259. The Morgan fingerprint density at radius 2 is 1.71 bits per heavy atom. The second-order valence-electron chi connectivity index (χ2n) is 9.53. The van der Waals surface area contributed by atoms with Crippen molar-refractivity contribution in [3.05, 3.63) is 71.8 Å². The van der Waals surface area contributed by atoms with E-state index in [1.165, 1.54) is 18.2 Å². The number of aromatic hydroxyl groups is 1. The summed E-state index contributed by atoms with van der Waals surface area (Å²) in [4.78, 5) is 11.5. The summed E-state index contributed by atoms with van der Waals surface area (Å²) in [6, 6.07) is 14.5. The van der Waals surface area contributed by atoms with Gasteiger partial charge in [-0.2, -0.15) is 0 Å². The quantitative estimate of drug-likeness (QED) is 0.0882. The van der Waals surface area contributed by atoms with Gasteiger partial charge in [-0.1, -0.05) is 49.3 Å². The Kier molecular flexibility index (Phi) is 9.63. The third-order valence-corrected chi connectivity index (χ3v) is 8.75. The summed E-state index contributed by atoms with van der Waals surface area (Å²) in [5.74, 6) is -2.38. The summed E-state index contributed by atoms with van der Waals surface area (Å²) in [7, 11) is -7.84. The van der Waals surface area contributed by atoms with Crippen LogP contribution in [0, 0.1) is 5.92 Å². The lowest BCUT2D eigenvalue weighted by atomic mass is 10.0. The van der Waals surface area contributed by atoms with Crippen LogP contribution in [0.3, 0.4) is 0 Å². The maximum Gasteiger partial charge on any atom is 0.345 e. The predicted molar refractivity (Wildman–Crippen MR) is 151 cm³/mol. The van der Waals surface area contributed by atoms with Crippen LogP contribution in [0.25, 0.3) is 11.1 Å². The Morgan fingerprint density at radius 1 is 1.02 bits per heavy atom. The molecule has 0 aromatic heterocycles. The van der Waals surface area contributed by atoms with E-state index >= 15 is 0 Å². The number of sulfone groups is 1. The van der Waals surface area contributed by atoms with Gasteiger partial charge < -0.3 is 25.9 Å². The summed E-state index contributed by atoms with van der Waals surface area (Å²) in [6.45, 7) is 3.17. The molecule has 0 saturated carbocycles. The molecular weight excluding hydrogens is 574 g/mol. The van der Waals surface area contributed by atoms with Gasteiger partial charge in [-0.05, 0) is 47.9 Å². The van der Waals surface area contributed by atoms with E-state index in [-0.39, 0.29) is 35.0 Å². The van der Waals surface area contributed by atoms with Crippen molar-refractivity contribution in [2.24, 2.45) is 16.8 Å². The average Bonchev–Trinajstić information content (AvgIpc) is 2.91. The van der Waals surface area contributed by atoms with E-state index in [0.29, 0.717) is 16.7 Å². The van der Waals surface area contributed by atoms with Crippen molar-refractivity contribution in [3.63, 3.8) is 0 Å². The van der Waals surface area contributed by atoms with Gasteiger partial charge in [0.05, 0.1) is 4.90 Å². The molecular formula is C27H31N3O9S2. The lowest BCUT2D eigenvalue weighted by molar-refractivity contribution is -0.147. The fourth-order valence-corrected chi connectivity index (χ4v) is 6.08. The first-order chi connectivity index (χ1) is 19.2. The van der Waals surface area contributed by atoms with Crippen LogP contribution < -0.4 is 15.2 Å². The molecule has 3 aromatic carbocycles. The normalized spacial score (nSPS) is 13.2. The first-order valence-corrected chi connectivity index (χ1v) is 15.7. The van der Waals surface area contributed by atoms with E-state index < -0.39 is 48.5 Å². The molecule has 220 valence electrons. The number of benzene rings is 3. The van der Waals surface area contributed by atoms with E-state index in [1.54, 1.807) is 44.2 Å². The highest BCUT2D eigenvalue weighted by Gasteiger charge is 2.26. The number of hydrogen-bond acceptors (Lipinski definition) is 9. The van der Waals surface area contributed by atoms with Crippen molar-refractivity contribution in [1.82, 2.24) is 4.72 Å². The molecule has 1 atom stereocenters. The summed E-state index contributed by atoms with van der Waals surface area (Å²) < 4.78 is 58.9. The van der Waals surface area contributed by atoms with Gasteiger partial charge in [0, 0.05) is 29.8 Å². The van der Waals surface area contributed by atoms with Crippen molar-refractivity contribution in [2.45, 2.75) is 36.2 Å². The standard InChI is InChI=1S/C27H31N3O9S2/c1-16(2)25(27(32)33)39-22-14-18(20-6-4-5-7-23(20)40(3,35)36)9-8-17(22)12-13-29-41(37,38)24-15-19(26(28)30-34)10-11-21(24)31/h4-11,14-16,25,29,31,34H,12-13H2,1-3H3,(H2,28,30)(H,32,33). The molecule has 0 radical (unpaired) electrons. The van der Waals surface area contributed by atoms with E-state index in [0.717, 1.165) is 18.4 Å². The second-order valence-corrected chi connectivity index (χ2v) is 13.2. The number of carboxylic acid groups (broad SMARTS) is 1. The van der Waals surface area contributed by atoms with E-state index in [4.69, 9.17) is 15.7 Å². The molecule has 0 fully saturated rings. The van der Waals surface area contributed by atoms with Crippen LogP contribution in [0.4, 0.5) is 0 Å². The highest BCUT2D eigenvalue weighted by Crippen LogP contribution is 2.33. The van der Waals surface area contributed by atoms with E-state index in [9.17, 15) is 31.8 Å². The molecule has 12 nitrogen and oxygen atoms in total. The zero-order valence-corrected chi connectivity index (χ0v) is 24.1. The molecule has 3 rings (SSSR count). The number of aliphatic carboxylic acids is 1. The number of hydrogen-bond donors (Lipinski definition) is 5. The largest absolute Gasteiger partial charge is 0.507 e. The number of sulfonamides is 1. The first-order valence-electron chi connectivity index (χ1n) is 12.3. The monoisotopic (exact) mass is 605 g/mol. The summed E-state index contributed by atoms with van der Waals surface area (Å²) >= 11 is 0. The maximum absolute atomic E-state index is 12.9. The maximum atomic E-state index is 12.9. The molecule has 0 saturated heterocycles. The summed E-state index contributed by atoms with van der Waals surface area (Å²) in [5.41, 5.74) is 6.91. The highest BCUT2D eigenvalue weighted by molar-refractivity contribution is 7.91. The van der Waals surface area contributed by atoms with Gasteiger partial charge in [-0.25, -0.2) is 26.4 Å². The lowest BCUT2D eigenvalue weighted by Crippen LogP contribution is -2.32. The first kappa shape index (κ1) is 31.4. The number of amidine groups is 1. The second kappa shape index (κ2) is 12.6. The zero-order chi connectivity index (χ0) is 30.5. The highest BCUT2D eigenvalue weighted by atomic mass is 32.2. The minimum atomic E-state index is -4.26. The van der Waals surface area contributed by atoms with Crippen LogP contribution in [-0.4, -0.2) is 63.0 Å². The van der Waals surface area contributed by atoms with Gasteiger partial charge in [-0.3, -0.25) is 0 Å². The van der Waals surface area contributed by atoms with Crippen molar-refractivity contribution < 1.29 is 41.8 Å². The molecule has 0 bridgehead atoms. The smallest absolute Gasteiger partial charge is 0.345 e. The summed E-state index contributed by atoms with van der Waals surface area (Å²) in [6.07, 6.45) is -0.0983. The Balaban J connectivity index is 1.97. The van der Waals surface area contributed by atoms with Gasteiger partial charge >= 0.3 is 5.97 Å². The molecule has 0 aliphatic heterocycles. The third-order valence-electron chi connectivity index (χ3n) is 6.11. The van der Waals surface area contributed by atoms with Crippen molar-refractivity contribution in [2.75, 3.05) is 12.8 Å². The number of carbonyl (C=O) groups is 1. The van der Waals surface area contributed by atoms with Gasteiger partial charge in [-0.15, -0.1) is 0 Å².